The van der Waals surface area contributed by atoms with Gasteiger partial charge in [-0.3, -0.25) is 23.9 Å². The van der Waals surface area contributed by atoms with Gasteiger partial charge in [0.2, 0.25) is 27.7 Å². The average Bonchev–Trinajstić information content (AvgIpc) is 4.04. The second-order valence-electron chi connectivity index (χ2n) is 20.1. The van der Waals surface area contributed by atoms with E-state index >= 15 is 9.59 Å². The van der Waals surface area contributed by atoms with Gasteiger partial charge in [0.25, 0.3) is 0 Å². The molecule has 14 heteroatoms. The molecule has 13 nitrogen and oxygen atoms in total. The molecule has 60 heavy (non-hydrogen) atoms. The quantitative estimate of drug-likeness (QED) is 0.252. The molecule has 3 aliphatic carbocycles. The SMILES string of the molecule is CC[C@@H]1[C@@H]2CN(C(=O)[C@H](C(C)(C)C)CC(=O)O[C@]3(C)CCC[C@H]3CCCCCc3nc4ccc(OC)cc4nc3O2)[C@@H]1C(=O)C[C@]1(C(=O)NS(=O)(=O)C2(C)CC2)C[C@H]1CC. The monoisotopic (exact) mass is 850 g/mol. The van der Waals surface area contributed by atoms with Crippen LogP contribution in [0.1, 0.15) is 144 Å². The van der Waals surface area contributed by atoms with Gasteiger partial charge in [-0.1, -0.05) is 53.9 Å². The highest BCUT2D eigenvalue weighted by Crippen LogP contribution is 2.58. The van der Waals surface area contributed by atoms with E-state index in [9.17, 15) is 18.0 Å². The number of Topliss-reactive ketones (excluding diaryl/α,β-unsaturated/α-hetero) is 1. The summed E-state index contributed by atoms with van der Waals surface area (Å²) < 4.78 is 46.7. The minimum atomic E-state index is -3.94. The van der Waals surface area contributed by atoms with Gasteiger partial charge < -0.3 is 19.1 Å². The van der Waals surface area contributed by atoms with Crippen LogP contribution in [0, 0.1) is 34.5 Å². The van der Waals surface area contributed by atoms with Gasteiger partial charge >= 0.3 is 5.97 Å². The van der Waals surface area contributed by atoms with Crippen LogP contribution < -0.4 is 14.2 Å². The third-order valence-corrected chi connectivity index (χ3v) is 17.1. The van der Waals surface area contributed by atoms with Crippen LogP contribution in [0.3, 0.4) is 0 Å². The predicted molar refractivity (Wildman–Crippen MR) is 227 cm³/mol. The maximum atomic E-state index is 15.2. The maximum absolute atomic E-state index is 15.2. The Hall–Kier alpha value is -3.81. The fourth-order valence-corrected chi connectivity index (χ4v) is 11.8. The van der Waals surface area contributed by atoms with E-state index in [1.165, 1.54) is 0 Å². The third-order valence-electron chi connectivity index (χ3n) is 15.0. The van der Waals surface area contributed by atoms with Crippen LogP contribution in [0.15, 0.2) is 18.2 Å². The molecule has 4 fully saturated rings. The molecule has 0 spiro atoms. The van der Waals surface area contributed by atoms with Crippen molar-refractivity contribution < 1.29 is 41.8 Å². The van der Waals surface area contributed by atoms with Crippen molar-refractivity contribution in [2.75, 3.05) is 13.7 Å². The minimum Gasteiger partial charge on any atom is -0.497 e. The number of ketones is 1. The number of esters is 1. The summed E-state index contributed by atoms with van der Waals surface area (Å²) in [6.07, 6.45) is 8.34. The number of sulfonamides is 1. The van der Waals surface area contributed by atoms with Crippen LogP contribution in [0.4, 0.5) is 0 Å². The summed E-state index contributed by atoms with van der Waals surface area (Å²) in [5.41, 5.74) is -0.515. The van der Waals surface area contributed by atoms with E-state index in [-0.39, 0.29) is 42.9 Å². The molecule has 7 rings (SSSR count). The molecular formula is C46H66N4O9S. The number of carbonyl (C=O) groups is 4. The molecule has 3 heterocycles. The van der Waals surface area contributed by atoms with Gasteiger partial charge in [0.15, 0.2) is 5.78 Å². The zero-order valence-corrected chi connectivity index (χ0v) is 37.8. The number of benzene rings is 1. The highest BCUT2D eigenvalue weighted by molar-refractivity contribution is 7.91. The van der Waals surface area contributed by atoms with Gasteiger partial charge in [0.05, 0.1) is 53.2 Å². The zero-order chi connectivity index (χ0) is 43.4. The lowest BCUT2D eigenvalue weighted by Crippen LogP contribution is -2.50. The van der Waals surface area contributed by atoms with E-state index in [1.807, 2.05) is 59.7 Å². The summed E-state index contributed by atoms with van der Waals surface area (Å²) in [6, 6.07) is 4.55. The van der Waals surface area contributed by atoms with Gasteiger partial charge in [-0.15, -0.1) is 0 Å². The molecule has 0 radical (unpaired) electrons. The number of aryl methyl sites for hydroxylation is 1. The Balaban J connectivity index is 1.28. The number of methoxy groups -OCH3 is 1. The lowest BCUT2D eigenvalue weighted by Gasteiger charge is -2.37. The Bertz CT molecular complexity index is 2110. The van der Waals surface area contributed by atoms with Gasteiger partial charge in [-0.25, -0.2) is 18.4 Å². The summed E-state index contributed by atoms with van der Waals surface area (Å²) in [5, 5.41) is 0. The summed E-state index contributed by atoms with van der Waals surface area (Å²) in [4.78, 5) is 69.9. The Morgan fingerprint density at radius 3 is 2.37 bits per heavy atom. The smallest absolute Gasteiger partial charge is 0.307 e. The maximum Gasteiger partial charge on any atom is 0.307 e. The van der Waals surface area contributed by atoms with Crippen molar-refractivity contribution in [3.8, 4) is 11.6 Å². The molecule has 3 saturated carbocycles. The molecule has 5 aliphatic rings. The summed E-state index contributed by atoms with van der Waals surface area (Å²) in [7, 11) is -2.35. The number of amides is 2. The number of nitrogens with zero attached hydrogens (tertiary/aromatic N) is 3. The van der Waals surface area contributed by atoms with Crippen molar-refractivity contribution in [3.63, 3.8) is 0 Å². The first kappa shape index (κ1) is 44.3. The van der Waals surface area contributed by atoms with Crippen molar-refractivity contribution in [1.29, 1.82) is 0 Å². The predicted octanol–water partition coefficient (Wildman–Crippen LogP) is 7.27. The summed E-state index contributed by atoms with van der Waals surface area (Å²) >= 11 is 0. The molecule has 2 aromatic rings. The van der Waals surface area contributed by atoms with Crippen LogP contribution in [0.25, 0.3) is 11.0 Å². The van der Waals surface area contributed by atoms with Crippen LogP contribution in [-0.4, -0.2) is 83.0 Å². The normalized spacial score (nSPS) is 32.2. The van der Waals surface area contributed by atoms with Gasteiger partial charge in [0, 0.05) is 18.4 Å². The number of fused-ring (bicyclic) bond motifs is 5. The molecule has 1 saturated heterocycles. The van der Waals surface area contributed by atoms with Crippen molar-refractivity contribution in [3.05, 3.63) is 23.9 Å². The van der Waals surface area contributed by atoms with Crippen molar-refractivity contribution in [2.24, 2.45) is 34.5 Å². The fraction of sp³-hybridized carbons (Fsp3) is 0.739. The Kier molecular flexibility index (Phi) is 12.1. The van der Waals surface area contributed by atoms with Crippen LogP contribution in [0.2, 0.25) is 0 Å². The van der Waals surface area contributed by atoms with Crippen molar-refractivity contribution in [2.45, 2.75) is 167 Å². The minimum absolute atomic E-state index is 0.0512. The number of rotatable bonds is 9. The number of carbonyl (C=O) groups excluding carboxylic acids is 4. The van der Waals surface area contributed by atoms with E-state index in [0.29, 0.717) is 66.9 Å². The molecule has 1 aromatic heterocycles. The third kappa shape index (κ3) is 8.51. The highest BCUT2D eigenvalue weighted by Gasteiger charge is 2.63. The van der Waals surface area contributed by atoms with E-state index in [4.69, 9.17) is 24.2 Å². The standard InChI is InChI=1S/C46H66N4O9S/c1-9-28-25-46(28,42(54)49-60(55,56)44(6)21-22-44)26-36(51)39-31(10-2)37-27-50(39)41(53)32(43(3,4)5)24-38(52)59-45(7)20-14-16-29(45)15-12-11-13-17-34-40(58-37)48-35-23-30(57-8)18-19-33(35)47-34/h18-19,23,28-29,31-32,37,39H,9-17,20-22,24-27H2,1-8H3,(H,49,54)/t28-,29-,31-,32-,37+,39+,45-,46-/m1/s1. The van der Waals surface area contributed by atoms with E-state index in [1.54, 1.807) is 18.9 Å². The largest absolute Gasteiger partial charge is 0.497 e. The van der Waals surface area contributed by atoms with Gasteiger partial charge in [-0.05, 0) is 107 Å². The van der Waals surface area contributed by atoms with Crippen LogP contribution in [-0.2, 0) is 40.4 Å². The molecule has 330 valence electrons. The second-order valence-corrected chi connectivity index (χ2v) is 22.3. The molecule has 2 bridgehead atoms. The highest BCUT2D eigenvalue weighted by atomic mass is 32.2. The zero-order valence-electron chi connectivity index (χ0n) is 36.9. The number of ether oxygens (including phenoxy) is 3. The Morgan fingerprint density at radius 1 is 0.983 bits per heavy atom. The Labute approximate surface area is 355 Å². The van der Waals surface area contributed by atoms with E-state index in [2.05, 4.69) is 4.72 Å². The second kappa shape index (κ2) is 16.5. The molecular weight excluding hydrogens is 785 g/mol. The topological polar surface area (TPSA) is 171 Å². The summed E-state index contributed by atoms with van der Waals surface area (Å²) in [6.45, 7) is 13.4. The van der Waals surface area contributed by atoms with Gasteiger partial charge in [0.1, 0.15) is 23.1 Å². The molecule has 8 atom stereocenters. The average molecular weight is 851 g/mol. The summed E-state index contributed by atoms with van der Waals surface area (Å²) in [5.74, 6) is -2.06. The molecule has 0 unspecified atom stereocenters. The molecule has 2 aliphatic heterocycles. The van der Waals surface area contributed by atoms with Gasteiger partial charge in [-0.2, -0.15) is 0 Å². The van der Waals surface area contributed by atoms with Crippen LogP contribution in [0.5, 0.6) is 11.6 Å². The molecule has 1 aromatic carbocycles. The van der Waals surface area contributed by atoms with Crippen molar-refractivity contribution in [1.82, 2.24) is 19.6 Å². The molecule has 2 amide bonds. The molecule has 1 N–H and O–H groups in total. The number of nitrogens with one attached hydrogen (secondary N) is 1. The first-order valence-corrected chi connectivity index (χ1v) is 23.9. The van der Waals surface area contributed by atoms with Crippen LogP contribution >= 0.6 is 0 Å². The number of aromatic nitrogens is 2. The van der Waals surface area contributed by atoms with E-state index < -0.39 is 67.1 Å². The lowest BCUT2D eigenvalue weighted by molar-refractivity contribution is -0.167. The number of hydrogen-bond acceptors (Lipinski definition) is 11. The first-order valence-electron chi connectivity index (χ1n) is 22.4. The van der Waals surface area contributed by atoms with E-state index in [0.717, 1.165) is 44.9 Å². The first-order chi connectivity index (χ1) is 28.3. The van der Waals surface area contributed by atoms with Crippen molar-refractivity contribution >= 4 is 44.6 Å². The lowest BCUT2D eigenvalue weighted by atomic mass is 9.77. The fourth-order valence-electron chi connectivity index (χ4n) is 10.5. The number of hydrogen-bond donors (Lipinski definition) is 1. The Morgan fingerprint density at radius 2 is 1.72 bits per heavy atom.